The van der Waals surface area contributed by atoms with Crippen LogP contribution in [-0.2, 0) is 4.79 Å². The Bertz CT molecular complexity index is 703. The van der Waals surface area contributed by atoms with Gasteiger partial charge in [-0.1, -0.05) is 32.6 Å². The minimum Gasteiger partial charge on any atom is -0.489 e. The van der Waals surface area contributed by atoms with E-state index in [0.717, 1.165) is 11.3 Å². The second-order valence-electron chi connectivity index (χ2n) is 6.33. The van der Waals surface area contributed by atoms with Crippen molar-refractivity contribution in [3.05, 3.63) is 66.2 Å². The molecule has 0 aliphatic rings. The maximum Gasteiger partial charge on any atom is 0.262 e. The second kappa shape index (κ2) is 8.92. The summed E-state index contributed by atoms with van der Waals surface area (Å²) in [6.45, 7) is 10.4. The van der Waals surface area contributed by atoms with Crippen molar-refractivity contribution in [3.8, 4) is 11.5 Å². The Balaban J connectivity index is 1.80. The van der Waals surface area contributed by atoms with Gasteiger partial charge in [0.2, 0.25) is 0 Å². The molecule has 0 saturated carbocycles. The van der Waals surface area contributed by atoms with Crippen LogP contribution in [0.15, 0.2) is 60.7 Å². The first-order chi connectivity index (χ1) is 11.9. The molecule has 132 valence electrons. The van der Waals surface area contributed by atoms with Gasteiger partial charge in [-0.25, -0.2) is 0 Å². The van der Waals surface area contributed by atoms with Gasteiger partial charge in [-0.2, -0.15) is 0 Å². The van der Waals surface area contributed by atoms with E-state index in [9.17, 15) is 4.79 Å². The van der Waals surface area contributed by atoms with Crippen LogP contribution in [0.3, 0.4) is 0 Å². The molecule has 0 atom stereocenters. The average Bonchev–Trinajstić information content (AvgIpc) is 2.59. The molecule has 0 heterocycles. The third kappa shape index (κ3) is 6.34. The van der Waals surface area contributed by atoms with E-state index >= 15 is 0 Å². The van der Waals surface area contributed by atoms with E-state index in [2.05, 4.69) is 25.7 Å². The Morgan fingerprint density at radius 2 is 1.48 bits per heavy atom. The van der Waals surface area contributed by atoms with Gasteiger partial charge >= 0.3 is 0 Å². The second-order valence-corrected chi connectivity index (χ2v) is 6.33. The number of nitrogens with one attached hydrogen (secondary N) is 1. The summed E-state index contributed by atoms with van der Waals surface area (Å²) in [7, 11) is 0. The molecule has 2 rings (SSSR count). The van der Waals surface area contributed by atoms with Gasteiger partial charge in [0.05, 0.1) is 0 Å². The molecule has 1 N–H and O–H groups in total. The van der Waals surface area contributed by atoms with Crippen LogP contribution in [0.5, 0.6) is 11.5 Å². The molecular formula is C21H25NO3. The van der Waals surface area contributed by atoms with Gasteiger partial charge in [0.1, 0.15) is 18.1 Å². The van der Waals surface area contributed by atoms with Crippen LogP contribution in [0.1, 0.15) is 32.3 Å². The van der Waals surface area contributed by atoms with Crippen molar-refractivity contribution in [2.24, 2.45) is 0 Å². The van der Waals surface area contributed by atoms with Gasteiger partial charge in [0.25, 0.3) is 5.91 Å². The predicted molar refractivity (Wildman–Crippen MR) is 101 cm³/mol. The fraction of sp³-hybridized carbons (Fsp3) is 0.286. The van der Waals surface area contributed by atoms with E-state index in [4.69, 9.17) is 9.47 Å². The third-order valence-corrected chi connectivity index (χ3v) is 3.54. The number of rotatable bonds is 8. The first-order valence-corrected chi connectivity index (χ1v) is 8.34. The lowest BCUT2D eigenvalue weighted by Crippen LogP contribution is -2.20. The van der Waals surface area contributed by atoms with Crippen LogP contribution in [0.2, 0.25) is 0 Å². The normalized spacial score (nSPS) is 10.4. The van der Waals surface area contributed by atoms with Crippen LogP contribution in [-0.4, -0.2) is 19.1 Å². The standard InChI is InChI=1S/C21H25NO3/c1-15(2)13-24-20-11-7-18(8-12-20)22-21(23)14-25-19-9-5-17(6-10-19)16(3)4/h5-12,16H,1,13-14H2,2-4H3,(H,22,23). The van der Waals surface area contributed by atoms with Crippen molar-refractivity contribution in [2.75, 3.05) is 18.5 Å². The van der Waals surface area contributed by atoms with E-state index in [0.29, 0.717) is 24.0 Å². The quantitative estimate of drug-likeness (QED) is 0.704. The van der Waals surface area contributed by atoms with Crippen LogP contribution >= 0.6 is 0 Å². The summed E-state index contributed by atoms with van der Waals surface area (Å²) in [5.74, 6) is 1.69. The molecule has 2 aromatic rings. The molecule has 2 aromatic carbocycles. The maximum atomic E-state index is 12.0. The Labute approximate surface area is 149 Å². The summed E-state index contributed by atoms with van der Waals surface area (Å²) in [5.41, 5.74) is 2.90. The van der Waals surface area contributed by atoms with Crippen LogP contribution in [0.4, 0.5) is 5.69 Å². The molecule has 0 spiro atoms. The van der Waals surface area contributed by atoms with Gasteiger partial charge in [-0.3, -0.25) is 4.79 Å². The summed E-state index contributed by atoms with van der Waals surface area (Å²) >= 11 is 0. The molecule has 0 aliphatic heterocycles. The molecule has 25 heavy (non-hydrogen) atoms. The van der Waals surface area contributed by atoms with Crippen LogP contribution < -0.4 is 14.8 Å². The number of anilines is 1. The van der Waals surface area contributed by atoms with Crippen molar-refractivity contribution < 1.29 is 14.3 Å². The van der Waals surface area contributed by atoms with Gasteiger partial charge < -0.3 is 14.8 Å². The fourth-order valence-electron chi connectivity index (χ4n) is 2.14. The number of carbonyl (C=O) groups excluding carboxylic acids is 1. The molecule has 0 aliphatic carbocycles. The zero-order valence-electron chi connectivity index (χ0n) is 15.0. The Hall–Kier alpha value is -2.75. The van der Waals surface area contributed by atoms with Crippen molar-refractivity contribution >= 4 is 11.6 Å². The highest BCUT2D eigenvalue weighted by Crippen LogP contribution is 2.19. The van der Waals surface area contributed by atoms with E-state index in [1.807, 2.05) is 43.3 Å². The number of carbonyl (C=O) groups is 1. The molecule has 0 fully saturated rings. The molecule has 0 radical (unpaired) electrons. The molecule has 4 heteroatoms. The molecule has 4 nitrogen and oxygen atoms in total. The smallest absolute Gasteiger partial charge is 0.262 e. The topological polar surface area (TPSA) is 47.6 Å². The molecule has 0 bridgehead atoms. The van der Waals surface area contributed by atoms with Crippen molar-refractivity contribution in [2.45, 2.75) is 26.7 Å². The monoisotopic (exact) mass is 339 g/mol. The SMILES string of the molecule is C=C(C)COc1ccc(NC(=O)COc2ccc(C(C)C)cc2)cc1. The predicted octanol–water partition coefficient (Wildman–Crippen LogP) is 4.78. The lowest BCUT2D eigenvalue weighted by molar-refractivity contribution is -0.118. The summed E-state index contributed by atoms with van der Waals surface area (Å²) in [4.78, 5) is 12.0. The first kappa shape index (κ1) is 18.6. The third-order valence-electron chi connectivity index (χ3n) is 3.54. The lowest BCUT2D eigenvalue weighted by Gasteiger charge is -2.10. The number of amides is 1. The minimum absolute atomic E-state index is 0.0328. The van der Waals surface area contributed by atoms with Gasteiger partial charge in [-0.05, 0) is 60.4 Å². The summed E-state index contributed by atoms with van der Waals surface area (Å²) < 4.78 is 11.0. The molecule has 0 aromatic heterocycles. The van der Waals surface area contributed by atoms with Crippen molar-refractivity contribution in [1.82, 2.24) is 0 Å². The Kier molecular flexibility index (Phi) is 6.63. The molecule has 0 unspecified atom stereocenters. The largest absolute Gasteiger partial charge is 0.489 e. The summed E-state index contributed by atoms with van der Waals surface area (Å²) in [6, 6.07) is 15.0. The molecular weight excluding hydrogens is 314 g/mol. The zero-order valence-corrected chi connectivity index (χ0v) is 15.0. The van der Waals surface area contributed by atoms with Crippen LogP contribution in [0.25, 0.3) is 0 Å². The highest BCUT2D eigenvalue weighted by Gasteiger charge is 2.05. The van der Waals surface area contributed by atoms with Gasteiger partial charge in [0.15, 0.2) is 6.61 Å². The Morgan fingerprint density at radius 1 is 0.960 bits per heavy atom. The van der Waals surface area contributed by atoms with Crippen LogP contribution in [0, 0.1) is 0 Å². The lowest BCUT2D eigenvalue weighted by atomic mass is 10.0. The van der Waals surface area contributed by atoms with Crippen molar-refractivity contribution in [3.63, 3.8) is 0 Å². The van der Waals surface area contributed by atoms with E-state index in [1.54, 1.807) is 12.1 Å². The average molecular weight is 339 g/mol. The van der Waals surface area contributed by atoms with Crippen molar-refractivity contribution in [1.29, 1.82) is 0 Å². The Morgan fingerprint density at radius 3 is 2.00 bits per heavy atom. The molecule has 0 saturated heterocycles. The maximum absolute atomic E-state index is 12.0. The zero-order chi connectivity index (χ0) is 18.2. The number of ether oxygens (including phenoxy) is 2. The number of hydrogen-bond donors (Lipinski definition) is 1. The van der Waals surface area contributed by atoms with Gasteiger partial charge in [-0.15, -0.1) is 0 Å². The fourth-order valence-corrected chi connectivity index (χ4v) is 2.14. The summed E-state index contributed by atoms with van der Waals surface area (Å²) in [6.07, 6.45) is 0. The number of benzene rings is 2. The first-order valence-electron chi connectivity index (χ1n) is 8.34. The highest BCUT2D eigenvalue weighted by molar-refractivity contribution is 5.91. The van der Waals surface area contributed by atoms with Gasteiger partial charge in [0, 0.05) is 5.69 Å². The minimum atomic E-state index is -0.205. The number of hydrogen-bond acceptors (Lipinski definition) is 3. The highest BCUT2D eigenvalue weighted by atomic mass is 16.5. The molecule has 1 amide bonds. The van der Waals surface area contributed by atoms with E-state index in [-0.39, 0.29) is 12.5 Å². The summed E-state index contributed by atoms with van der Waals surface area (Å²) in [5, 5.41) is 2.80. The van der Waals surface area contributed by atoms with E-state index in [1.165, 1.54) is 5.56 Å². The van der Waals surface area contributed by atoms with E-state index < -0.39 is 0 Å².